The maximum absolute atomic E-state index is 13.2. The summed E-state index contributed by atoms with van der Waals surface area (Å²) in [5.41, 5.74) is 3.68. The molecule has 1 aliphatic rings. The summed E-state index contributed by atoms with van der Waals surface area (Å²) in [5, 5.41) is 5.78. The van der Waals surface area contributed by atoms with Gasteiger partial charge in [-0.1, -0.05) is 37.3 Å². The molecule has 35 heavy (non-hydrogen) atoms. The number of furan rings is 1. The van der Waals surface area contributed by atoms with Crippen molar-refractivity contribution in [1.29, 1.82) is 0 Å². The fourth-order valence-electron chi connectivity index (χ4n) is 4.29. The zero-order valence-electron chi connectivity index (χ0n) is 20.6. The Hall–Kier alpha value is -3.80. The molecule has 0 radical (unpaired) electrons. The Balaban J connectivity index is 1.46. The Morgan fingerprint density at radius 2 is 1.74 bits per heavy atom. The summed E-state index contributed by atoms with van der Waals surface area (Å²) in [6.07, 6.45) is 5.50. The zero-order chi connectivity index (χ0) is 24.8. The van der Waals surface area contributed by atoms with E-state index >= 15 is 0 Å². The highest BCUT2D eigenvalue weighted by molar-refractivity contribution is 6.05. The van der Waals surface area contributed by atoms with Crippen LogP contribution in [0.3, 0.4) is 0 Å². The van der Waals surface area contributed by atoms with E-state index in [1.807, 2.05) is 26.0 Å². The van der Waals surface area contributed by atoms with Gasteiger partial charge in [-0.15, -0.1) is 0 Å². The van der Waals surface area contributed by atoms with Crippen LogP contribution < -0.4 is 15.5 Å². The first-order valence-corrected chi connectivity index (χ1v) is 12.2. The van der Waals surface area contributed by atoms with Crippen LogP contribution in [-0.4, -0.2) is 24.9 Å². The number of carbonyl (C=O) groups is 2. The number of anilines is 1. The van der Waals surface area contributed by atoms with E-state index in [-0.39, 0.29) is 23.6 Å². The Morgan fingerprint density at radius 1 is 1.03 bits per heavy atom. The number of hydrogen-bond acceptors (Lipinski definition) is 4. The molecule has 6 nitrogen and oxygen atoms in total. The first-order chi connectivity index (χ1) is 16.9. The van der Waals surface area contributed by atoms with Gasteiger partial charge >= 0.3 is 0 Å². The minimum atomic E-state index is -0.384. The molecule has 3 aromatic rings. The van der Waals surface area contributed by atoms with E-state index in [0.29, 0.717) is 11.3 Å². The van der Waals surface area contributed by atoms with Crippen molar-refractivity contribution in [2.45, 2.75) is 39.7 Å². The lowest BCUT2D eigenvalue weighted by molar-refractivity contribution is -0.118. The molecule has 0 spiro atoms. The predicted molar refractivity (Wildman–Crippen MR) is 139 cm³/mol. The van der Waals surface area contributed by atoms with Gasteiger partial charge in [0.05, 0.1) is 12.3 Å². The van der Waals surface area contributed by atoms with Crippen LogP contribution >= 0.6 is 0 Å². The van der Waals surface area contributed by atoms with Gasteiger partial charge in [0.15, 0.2) is 0 Å². The molecule has 2 aromatic carbocycles. The highest BCUT2D eigenvalue weighted by atomic mass is 16.3. The molecule has 1 atom stereocenters. The maximum atomic E-state index is 13.2. The molecule has 2 heterocycles. The summed E-state index contributed by atoms with van der Waals surface area (Å²) >= 11 is 0. The van der Waals surface area contributed by atoms with Crippen LogP contribution in [-0.2, 0) is 4.79 Å². The average Bonchev–Trinajstić information content (AvgIpc) is 3.37. The van der Waals surface area contributed by atoms with E-state index in [2.05, 4.69) is 46.7 Å². The quantitative estimate of drug-likeness (QED) is 0.448. The number of aryl methyl sites for hydroxylation is 1. The molecular weight excluding hydrogens is 438 g/mol. The SMILES string of the molecule is Cc1ccccc1C(=O)N/C(=C\c1ccco1)C(=O)N[C@H](C)c1ccc(N2CCC(C)CC2)cc1. The lowest BCUT2D eigenvalue weighted by Crippen LogP contribution is -2.36. The number of rotatable bonds is 7. The van der Waals surface area contributed by atoms with Crippen molar-refractivity contribution < 1.29 is 14.0 Å². The molecule has 4 rings (SSSR count). The minimum absolute atomic E-state index is 0.124. The van der Waals surface area contributed by atoms with Gasteiger partial charge in [-0.25, -0.2) is 0 Å². The molecule has 0 saturated carbocycles. The first kappa shape index (κ1) is 24.3. The van der Waals surface area contributed by atoms with Crippen LogP contribution in [0.25, 0.3) is 6.08 Å². The van der Waals surface area contributed by atoms with Crippen molar-refractivity contribution >= 4 is 23.6 Å². The molecule has 0 unspecified atom stereocenters. The second kappa shape index (κ2) is 11.1. The number of hydrogen-bond donors (Lipinski definition) is 2. The van der Waals surface area contributed by atoms with Gasteiger partial charge < -0.3 is 20.0 Å². The smallest absolute Gasteiger partial charge is 0.268 e. The lowest BCUT2D eigenvalue weighted by Gasteiger charge is -2.32. The highest BCUT2D eigenvalue weighted by Crippen LogP contribution is 2.25. The van der Waals surface area contributed by atoms with Crippen LogP contribution in [0.1, 0.15) is 60.0 Å². The van der Waals surface area contributed by atoms with Crippen molar-refractivity contribution in [2.75, 3.05) is 18.0 Å². The first-order valence-electron chi connectivity index (χ1n) is 12.2. The van der Waals surface area contributed by atoms with Gasteiger partial charge in [-0.2, -0.15) is 0 Å². The number of nitrogens with zero attached hydrogens (tertiary/aromatic N) is 1. The molecule has 1 saturated heterocycles. The van der Waals surface area contributed by atoms with E-state index in [0.717, 1.165) is 30.1 Å². The van der Waals surface area contributed by atoms with E-state index < -0.39 is 0 Å². The zero-order valence-corrected chi connectivity index (χ0v) is 20.6. The fourth-order valence-corrected chi connectivity index (χ4v) is 4.29. The molecule has 0 bridgehead atoms. The molecule has 1 fully saturated rings. The molecule has 6 heteroatoms. The van der Waals surface area contributed by atoms with Gasteiger partial charge in [-0.05, 0) is 74.1 Å². The van der Waals surface area contributed by atoms with Gasteiger partial charge in [-0.3, -0.25) is 9.59 Å². The number of nitrogens with one attached hydrogen (secondary N) is 2. The summed E-state index contributed by atoms with van der Waals surface area (Å²) in [4.78, 5) is 28.5. The third-order valence-corrected chi connectivity index (χ3v) is 6.60. The summed E-state index contributed by atoms with van der Waals surface area (Å²) in [5.74, 6) is 0.539. The van der Waals surface area contributed by atoms with Crippen LogP contribution in [0.15, 0.2) is 77.0 Å². The average molecular weight is 472 g/mol. The van der Waals surface area contributed by atoms with Crippen molar-refractivity contribution in [3.63, 3.8) is 0 Å². The summed E-state index contributed by atoms with van der Waals surface area (Å²) < 4.78 is 5.38. The minimum Gasteiger partial charge on any atom is -0.465 e. The van der Waals surface area contributed by atoms with E-state index in [4.69, 9.17) is 4.42 Å². The van der Waals surface area contributed by atoms with Gasteiger partial charge in [0, 0.05) is 30.4 Å². The number of amides is 2. The number of carbonyl (C=O) groups excluding carboxylic acids is 2. The number of piperidine rings is 1. The summed E-state index contributed by atoms with van der Waals surface area (Å²) in [6.45, 7) is 8.26. The van der Waals surface area contributed by atoms with E-state index in [1.165, 1.54) is 24.8 Å². The predicted octanol–water partition coefficient (Wildman–Crippen LogP) is 5.47. The molecule has 2 N–H and O–H groups in total. The highest BCUT2D eigenvalue weighted by Gasteiger charge is 2.20. The Labute approximate surface area is 207 Å². The molecule has 1 aliphatic heterocycles. The topological polar surface area (TPSA) is 74.6 Å². The third-order valence-electron chi connectivity index (χ3n) is 6.60. The van der Waals surface area contributed by atoms with Crippen molar-refractivity contribution in [2.24, 2.45) is 5.92 Å². The number of benzene rings is 2. The van der Waals surface area contributed by atoms with E-state index in [9.17, 15) is 9.59 Å². The van der Waals surface area contributed by atoms with Gasteiger partial charge in [0.1, 0.15) is 11.5 Å². The van der Waals surface area contributed by atoms with E-state index in [1.54, 1.807) is 30.3 Å². The second-order valence-corrected chi connectivity index (χ2v) is 9.30. The largest absolute Gasteiger partial charge is 0.465 e. The van der Waals surface area contributed by atoms with Gasteiger partial charge in [0.25, 0.3) is 11.8 Å². The Bertz CT molecular complexity index is 1170. The second-order valence-electron chi connectivity index (χ2n) is 9.30. The fraction of sp³-hybridized carbons (Fsp3) is 0.310. The monoisotopic (exact) mass is 471 g/mol. The molecular formula is C29H33N3O3. The molecule has 0 aliphatic carbocycles. The maximum Gasteiger partial charge on any atom is 0.268 e. The molecule has 2 amide bonds. The van der Waals surface area contributed by atoms with Crippen molar-refractivity contribution in [1.82, 2.24) is 10.6 Å². The van der Waals surface area contributed by atoms with Crippen LogP contribution in [0, 0.1) is 12.8 Å². The molecule has 182 valence electrons. The Morgan fingerprint density at radius 3 is 2.40 bits per heavy atom. The van der Waals surface area contributed by atoms with Gasteiger partial charge in [0.2, 0.25) is 0 Å². The van der Waals surface area contributed by atoms with Crippen molar-refractivity contribution in [3.8, 4) is 0 Å². The molecule has 1 aromatic heterocycles. The van der Waals surface area contributed by atoms with Crippen molar-refractivity contribution in [3.05, 3.63) is 95.1 Å². The summed E-state index contributed by atoms with van der Waals surface area (Å²) in [7, 11) is 0. The van der Waals surface area contributed by atoms with Crippen LogP contribution in [0.2, 0.25) is 0 Å². The standard InChI is InChI=1S/C29H33N3O3/c1-20-14-16-32(17-15-20)24-12-10-23(11-13-24)22(3)30-29(34)27(19-25-8-6-18-35-25)31-28(33)26-9-5-4-7-21(26)2/h4-13,18-20,22H,14-17H2,1-3H3,(H,30,34)(H,31,33)/b27-19-/t22-/m1/s1. The van der Waals surface area contributed by atoms with Crippen LogP contribution in [0.5, 0.6) is 0 Å². The Kier molecular flexibility index (Phi) is 7.70. The third kappa shape index (κ3) is 6.21. The van der Waals surface area contributed by atoms with Crippen LogP contribution in [0.4, 0.5) is 5.69 Å². The normalized spacial score (nSPS) is 15.5. The lowest BCUT2D eigenvalue weighted by atomic mass is 9.98. The summed E-state index contributed by atoms with van der Waals surface area (Å²) in [6, 6.07) is 18.8.